The molecule has 1 fully saturated rings. The van der Waals surface area contributed by atoms with Crippen LogP contribution in [0.5, 0.6) is 0 Å². The topological polar surface area (TPSA) is 44.9 Å². The van der Waals surface area contributed by atoms with Crippen LogP contribution in [0.15, 0.2) is 42.5 Å². The van der Waals surface area contributed by atoms with Crippen LogP contribution >= 0.6 is 23.5 Å². The Balaban J connectivity index is 1.52. The van der Waals surface area contributed by atoms with E-state index in [1.807, 2.05) is 42.6 Å². The highest BCUT2D eigenvalue weighted by Crippen LogP contribution is 2.45. The molecule has 2 heterocycles. The number of benzene rings is 2. The average molecular weight is 387 g/mol. The summed E-state index contributed by atoms with van der Waals surface area (Å²) in [4.78, 5) is 15.8. The number of halogens is 1. The Hall–Kier alpha value is -1.92. The molecule has 0 atom stereocenters. The van der Waals surface area contributed by atoms with Crippen molar-refractivity contribution in [3.05, 3.63) is 65.1 Å². The van der Waals surface area contributed by atoms with Gasteiger partial charge in [0.2, 0.25) is 5.91 Å². The summed E-state index contributed by atoms with van der Waals surface area (Å²) in [6.07, 6.45) is 0.215. The summed E-state index contributed by atoms with van der Waals surface area (Å²) < 4.78 is 14.0. The van der Waals surface area contributed by atoms with Gasteiger partial charge in [-0.3, -0.25) is 4.79 Å². The largest absolute Gasteiger partial charge is 0.358 e. The lowest BCUT2D eigenvalue weighted by Crippen LogP contribution is -2.15. The molecule has 6 heteroatoms. The normalized spacial score (nSPS) is 14.8. The highest BCUT2D eigenvalue weighted by Gasteiger charge is 2.19. The van der Waals surface area contributed by atoms with E-state index in [9.17, 15) is 9.18 Å². The van der Waals surface area contributed by atoms with Gasteiger partial charge in [-0.1, -0.05) is 12.1 Å². The molecule has 1 aromatic heterocycles. The molecule has 3 nitrogen and oxygen atoms in total. The molecule has 2 N–H and O–H groups in total. The number of aromatic nitrogens is 1. The molecule has 1 amide bonds. The molecule has 0 bridgehead atoms. The third-order valence-electron chi connectivity index (χ3n) is 4.48. The van der Waals surface area contributed by atoms with Crippen LogP contribution in [0.2, 0.25) is 0 Å². The summed E-state index contributed by atoms with van der Waals surface area (Å²) in [5.41, 5.74) is 4.64. The molecule has 0 spiro atoms. The molecular formula is C20H19FN2OS2. The third kappa shape index (κ3) is 3.62. The summed E-state index contributed by atoms with van der Waals surface area (Å²) >= 11 is 3.88. The number of amides is 1. The van der Waals surface area contributed by atoms with Crippen molar-refractivity contribution in [3.8, 4) is 0 Å². The molecule has 1 saturated heterocycles. The number of aromatic amines is 1. The molecule has 134 valence electrons. The second-order valence-electron chi connectivity index (χ2n) is 6.34. The van der Waals surface area contributed by atoms with E-state index >= 15 is 0 Å². The number of anilines is 1. The zero-order valence-electron chi connectivity index (χ0n) is 14.3. The Kier molecular flexibility index (Phi) is 4.96. The highest BCUT2D eigenvalue weighted by atomic mass is 32.2. The van der Waals surface area contributed by atoms with E-state index < -0.39 is 0 Å². The molecule has 2 aromatic carbocycles. The summed E-state index contributed by atoms with van der Waals surface area (Å²) in [5.74, 6) is 1.95. The van der Waals surface area contributed by atoms with Crippen molar-refractivity contribution in [1.82, 2.24) is 4.98 Å². The van der Waals surface area contributed by atoms with Gasteiger partial charge in [-0.15, -0.1) is 23.5 Å². The summed E-state index contributed by atoms with van der Waals surface area (Å²) in [7, 11) is 0. The molecule has 1 aliphatic heterocycles. The summed E-state index contributed by atoms with van der Waals surface area (Å²) in [6, 6.07) is 12.7. The second kappa shape index (κ2) is 7.37. The molecule has 4 rings (SSSR count). The van der Waals surface area contributed by atoms with E-state index in [0.29, 0.717) is 4.58 Å². The summed E-state index contributed by atoms with van der Waals surface area (Å²) in [5, 5.41) is 3.75. The van der Waals surface area contributed by atoms with Gasteiger partial charge in [-0.2, -0.15) is 0 Å². The molecular weight excluding hydrogens is 367 g/mol. The van der Waals surface area contributed by atoms with Crippen molar-refractivity contribution in [2.75, 3.05) is 16.8 Å². The van der Waals surface area contributed by atoms with E-state index in [0.717, 1.165) is 27.8 Å². The minimum absolute atomic E-state index is 0.0952. The average Bonchev–Trinajstić information content (AvgIpc) is 3.25. The minimum Gasteiger partial charge on any atom is -0.358 e. The lowest BCUT2D eigenvalue weighted by Gasteiger charge is -2.11. The van der Waals surface area contributed by atoms with Gasteiger partial charge < -0.3 is 10.3 Å². The molecule has 1 aliphatic rings. The zero-order valence-corrected chi connectivity index (χ0v) is 16.0. The molecule has 3 aromatic rings. The van der Waals surface area contributed by atoms with Crippen LogP contribution in [0.1, 0.15) is 21.4 Å². The van der Waals surface area contributed by atoms with Crippen LogP contribution in [0.3, 0.4) is 0 Å². The number of hydrogen-bond donors (Lipinski definition) is 2. The van der Waals surface area contributed by atoms with Gasteiger partial charge >= 0.3 is 0 Å². The van der Waals surface area contributed by atoms with Gasteiger partial charge in [-0.05, 0) is 48.4 Å². The lowest BCUT2D eigenvalue weighted by atomic mass is 10.1. The van der Waals surface area contributed by atoms with E-state index in [-0.39, 0.29) is 18.1 Å². The number of nitrogens with one attached hydrogen (secondary N) is 2. The maximum absolute atomic E-state index is 13.6. The third-order valence-corrected chi connectivity index (χ3v) is 7.59. The van der Waals surface area contributed by atoms with Gasteiger partial charge in [0, 0.05) is 33.8 Å². The van der Waals surface area contributed by atoms with Crippen molar-refractivity contribution >= 4 is 46.0 Å². The molecule has 0 saturated carbocycles. The number of H-pyrrole nitrogens is 1. The Morgan fingerprint density at radius 3 is 2.85 bits per heavy atom. The Morgan fingerprint density at radius 2 is 2.04 bits per heavy atom. The van der Waals surface area contributed by atoms with Gasteiger partial charge in [0.05, 0.1) is 11.0 Å². The van der Waals surface area contributed by atoms with Crippen molar-refractivity contribution in [2.45, 2.75) is 17.9 Å². The number of aryl methyl sites for hydroxylation is 1. The first-order valence-electron chi connectivity index (χ1n) is 8.50. The predicted molar refractivity (Wildman–Crippen MR) is 109 cm³/mol. The first-order chi connectivity index (χ1) is 12.6. The van der Waals surface area contributed by atoms with Crippen molar-refractivity contribution < 1.29 is 9.18 Å². The first-order valence-corrected chi connectivity index (χ1v) is 10.6. The van der Waals surface area contributed by atoms with Crippen LogP contribution in [0, 0.1) is 12.7 Å². The predicted octanol–water partition coefficient (Wildman–Crippen LogP) is 5.28. The smallest absolute Gasteiger partial charge is 0.228 e. The van der Waals surface area contributed by atoms with Gasteiger partial charge in [0.25, 0.3) is 0 Å². The molecule has 0 aliphatic carbocycles. The van der Waals surface area contributed by atoms with E-state index in [1.165, 1.54) is 29.2 Å². The monoisotopic (exact) mass is 386 g/mol. The van der Waals surface area contributed by atoms with Crippen LogP contribution in [-0.2, 0) is 11.2 Å². The van der Waals surface area contributed by atoms with Crippen molar-refractivity contribution in [3.63, 3.8) is 0 Å². The number of hydrogen-bond acceptors (Lipinski definition) is 3. The fourth-order valence-electron chi connectivity index (χ4n) is 3.26. The lowest BCUT2D eigenvalue weighted by molar-refractivity contribution is -0.115. The maximum atomic E-state index is 13.6. The van der Waals surface area contributed by atoms with Crippen LogP contribution in [-0.4, -0.2) is 22.4 Å². The Morgan fingerprint density at radius 1 is 1.23 bits per heavy atom. The Bertz CT molecular complexity index is 964. The van der Waals surface area contributed by atoms with Crippen LogP contribution < -0.4 is 5.32 Å². The van der Waals surface area contributed by atoms with Crippen molar-refractivity contribution in [2.24, 2.45) is 0 Å². The molecule has 26 heavy (non-hydrogen) atoms. The van der Waals surface area contributed by atoms with Gasteiger partial charge in [0.1, 0.15) is 5.82 Å². The number of rotatable bonds is 4. The highest BCUT2D eigenvalue weighted by molar-refractivity contribution is 8.19. The number of carbonyl (C=O) groups is 1. The first kappa shape index (κ1) is 17.5. The quantitative estimate of drug-likeness (QED) is 0.642. The van der Waals surface area contributed by atoms with E-state index in [4.69, 9.17) is 0 Å². The van der Waals surface area contributed by atoms with Gasteiger partial charge in [0.15, 0.2) is 0 Å². The van der Waals surface area contributed by atoms with Crippen LogP contribution in [0.4, 0.5) is 10.1 Å². The summed E-state index contributed by atoms with van der Waals surface area (Å²) in [6.45, 7) is 1.91. The second-order valence-corrected chi connectivity index (χ2v) is 9.07. The fraction of sp³-hybridized carbons (Fsp3) is 0.250. The number of carbonyl (C=O) groups excluding carboxylic acids is 1. The van der Waals surface area contributed by atoms with E-state index in [1.54, 1.807) is 6.07 Å². The SMILES string of the molecule is Cc1[nH]c2ccc(F)cc2c1CC(=O)Nc1cccc(C2SCCS2)c1. The number of thioether (sulfide) groups is 2. The van der Waals surface area contributed by atoms with E-state index in [2.05, 4.69) is 22.4 Å². The van der Waals surface area contributed by atoms with Crippen LogP contribution in [0.25, 0.3) is 10.9 Å². The van der Waals surface area contributed by atoms with Gasteiger partial charge in [-0.25, -0.2) is 4.39 Å². The standard InChI is InChI=1S/C20H19FN2OS2/c1-12-16(17-10-14(21)5-6-18(17)22-12)11-19(24)23-15-4-2-3-13(9-15)20-25-7-8-26-20/h2-6,9-10,20,22H,7-8,11H2,1H3,(H,23,24). The zero-order chi connectivity index (χ0) is 18.1. The maximum Gasteiger partial charge on any atom is 0.228 e. The molecule has 0 unspecified atom stereocenters. The van der Waals surface area contributed by atoms with Crippen molar-refractivity contribution in [1.29, 1.82) is 0 Å². The number of fused-ring (bicyclic) bond motifs is 1. The fourth-order valence-corrected chi connectivity index (χ4v) is 6.10. The Labute approximate surface area is 160 Å². The minimum atomic E-state index is -0.294. The molecule has 0 radical (unpaired) electrons.